The molecule has 2 rings (SSSR count). The maximum Gasteiger partial charge on any atom is 0.316 e. The highest BCUT2D eigenvalue weighted by atomic mass is 16.5. The number of carbonyl (C=O) groups is 3. The van der Waals surface area contributed by atoms with E-state index in [-0.39, 0.29) is 6.42 Å². The molecule has 0 aliphatic heterocycles. The predicted octanol–water partition coefficient (Wildman–Crippen LogP) is 1.62. The summed E-state index contributed by atoms with van der Waals surface area (Å²) in [6.07, 6.45) is 3.00. The second-order valence-corrected chi connectivity index (χ2v) is 6.35. The average Bonchev–Trinajstić information content (AvgIpc) is 2.58. The minimum Gasteiger partial charge on any atom is -0.469 e. The van der Waals surface area contributed by atoms with E-state index in [2.05, 4.69) is 0 Å². The lowest BCUT2D eigenvalue weighted by Gasteiger charge is -2.42. The van der Waals surface area contributed by atoms with Gasteiger partial charge in [0.2, 0.25) is 0 Å². The van der Waals surface area contributed by atoms with Crippen LogP contribution in [-0.4, -0.2) is 42.6 Å². The molecule has 4 atom stereocenters. The van der Waals surface area contributed by atoms with Gasteiger partial charge in [0.15, 0.2) is 5.78 Å². The Balaban J connectivity index is 2.49. The van der Waals surface area contributed by atoms with Gasteiger partial charge in [0.25, 0.3) is 0 Å². The lowest BCUT2D eigenvalue weighted by molar-refractivity contribution is -0.172. The topological polar surface area (TPSA) is 89.9 Å². The monoisotopic (exact) mass is 346 g/mol. The first kappa shape index (κ1) is 18.9. The number of ketones is 1. The average molecular weight is 346 g/mol. The highest BCUT2D eigenvalue weighted by Crippen LogP contribution is 2.42. The molecule has 0 amide bonds. The Bertz CT molecular complexity index is 676. The van der Waals surface area contributed by atoms with Crippen molar-refractivity contribution in [2.24, 2.45) is 17.8 Å². The number of methoxy groups -OCH3 is 2. The predicted molar refractivity (Wildman–Crippen MR) is 90.2 cm³/mol. The van der Waals surface area contributed by atoms with E-state index >= 15 is 0 Å². The number of carbonyl (C=O) groups excluding carboxylic acids is 3. The molecule has 0 radical (unpaired) electrons. The SMILES string of the molecule is COC(=O)[C@H]1C(=O)C[C@](C)(O)[C@H](C(=O)OC)[C@H]1/C=C/c1ccccc1. The van der Waals surface area contributed by atoms with E-state index in [0.29, 0.717) is 0 Å². The number of esters is 2. The summed E-state index contributed by atoms with van der Waals surface area (Å²) in [4.78, 5) is 36.9. The molecular weight excluding hydrogens is 324 g/mol. The van der Waals surface area contributed by atoms with E-state index in [1.165, 1.54) is 21.1 Å². The van der Waals surface area contributed by atoms with E-state index in [1.807, 2.05) is 30.3 Å². The Labute approximate surface area is 146 Å². The zero-order valence-electron chi connectivity index (χ0n) is 14.5. The smallest absolute Gasteiger partial charge is 0.316 e. The Morgan fingerprint density at radius 3 is 2.32 bits per heavy atom. The molecule has 6 nitrogen and oxygen atoms in total. The summed E-state index contributed by atoms with van der Waals surface area (Å²) < 4.78 is 9.55. The van der Waals surface area contributed by atoms with Crippen LogP contribution in [0, 0.1) is 17.8 Å². The quantitative estimate of drug-likeness (QED) is 0.658. The Hall–Kier alpha value is -2.47. The zero-order chi connectivity index (χ0) is 18.6. The third-order valence-electron chi connectivity index (χ3n) is 4.54. The minimum absolute atomic E-state index is 0.317. The van der Waals surface area contributed by atoms with E-state index < -0.39 is 41.1 Å². The van der Waals surface area contributed by atoms with Crippen LogP contribution < -0.4 is 0 Å². The molecule has 1 fully saturated rings. The number of rotatable bonds is 4. The van der Waals surface area contributed by atoms with Crippen LogP contribution in [-0.2, 0) is 23.9 Å². The first-order valence-electron chi connectivity index (χ1n) is 7.96. The van der Waals surface area contributed by atoms with Gasteiger partial charge in [0.1, 0.15) is 5.92 Å². The van der Waals surface area contributed by atoms with E-state index in [0.717, 1.165) is 5.56 Å². The zero-order valence-corrected chi connectivity index (χ0v) is 14.5. The summed E-state index contributed by atoms with van der Waals surface area (Å²) in [5.74, 6) is -4.93. The summed E-state index contributed by atoms with van der Waals surface area (Å²) in [5, 5.41) is 10.6. The van der Waals surface area contributed by atoms with Gasteiger partial charge in [-0.05, 0) is 12.5 Å². The number of hydrogen-bond acceptors (Lipinski definition) is 6. The largest absolute Gasteiger partial charge is 0.469 e. The van der Waals surface area contributed by atoms with Crippen molar-refractivity contribution in [3.8, 4) is 0 Å². The summed E-state index contributed by atoms with van der Waals surface area (Å²) >= 11 is 0. The third-order valence-corrected chi connectivity index (χ3v) is 4.54. The standard InChI is InChI=1S/C19H22O6/c1-19(23)11-14(20)15(17(21)24-2)13(16(19)18(22)25-3)10-9-12-7-5-4-6-8-12/h4-10,13,15-16,23H,11H2,1-3H3/b10-9+/t13-,15+,16-,19-/m0/s1. The normalized spacial score (nSPS) is 29.4. The molecule has 0 aromatic heterocycles. The Morgan fingerprint density at radius 1 is 1.16 bits per heavy atom. The maximum absolute atomic E-state index is 12.4. The summed E-state index contributed by atoms with van der Waals surface area (Å²) in [5.41, 5.74) is -0.771. The van der Waals surface area contributed by atoms with Crippen molar-refractivity contribution in [3.63, 3.8) is 0 Å². The van der Waals surface area contributed by atoms with Crippen molar-refractivity contribution < 1.29 is 29.0 Å². The fourth-order valence-electron chi connectivity index (χ4n) is 3.36. The van der Waals surface area contributed by atoms with Gasteiger partial charge in [-0.3, -0.25) is 14.4 Å². The number of aliphatic hydroxyl groups is 1. The van der Waals surface area contributed by atoms with Crippen molar-refractivity contribution in [3.05, 3.63) is 42.0 Å². The first-order valence-corrected chi connectivity index (χ1v) is 7.96. The second-order valence-electron chi connectivity index (χ2n) is 6.35. The molecule has 134 valence electrons. The Kier molecular flexibility index (Phi) is 5.74. The van der Waals surface area contributed by atoms with Gasteiger partial charge in [-0.15, -0.1) is 0 Å². The Morgan fingerprint density at radius 2 is 1.76 bits per heavy atom. The van der Waals surface area contributed by atoms with Crippen LogP contribution in [0.15, 0.2) is 36.4 Å². The van der Waals surface area contributed by atoms with Crippen LogP contribution in [0.2, 0.25) is 0 Å². The lowest BCUT2D eigenvalue weighted by Crippen LogP contribution is -2.55. The van der Waals surface area contributed by atoms with Gasteiger partial charge in [0.05, 0.1) is 25.7 Å². The molecule has 1 aliphatic carbocycles. The molecule has 0 saturated heterocycles. The molecule has 0 heterocycles. The maximum atomic E-state index is 12.4. The number of benzene rings is 1. The molecular formula is C19H22O6. The molecule has 1 N–H and O–H groups in total. The third kappa shape index (κ3) is 3.96. The van der Waals surface area contributed by atoms with Gasteiger partial charge in [-0.2, -0.15) is 0 Å². The number of Topliss-reactive ketones (excluding diaryl/α,β-unsaturated/α-hetero) is 1. The molecule has 1 aromatic carbocycles. The van der Waals surface area contributed by atoms with Gasteiger partial charge in [-0.1, -0.05) is 42.5 Å². The number of ether oxygens (including phenoxy) is 2. The number of allylic oxidation sites excluding steroid dienone is 1. The van der Waals surface area contributed by atoms with Crippen LogP contribution in [0.5, 0.6) is 0 Å². The summed E-state index contributed by atoms with van der Waals surface area (Å²) in [6, 6.07) is 9.24. The van der Waals surface area contributed by atoms with Gasteiger partial charge in [0, 0.05) is 12.3 Å². The molecule has 6 heteroatoms. The first-order chi connectivity index (χ1) is 11.8. The molecule has 1 aromatic rings. The van der Waals surface area contributed by atoms with Crippen LogP contribution in [0.1, 0.15) is 18.9 Å². The van der Waals surface area contributed by atoms with Crippen LogP contribution >= 0.6 is 0 Å². The minimum atomic E-state index is -1.61. The summed E-state index contributed by atoms with van der Waals surface area (Å²) in [7, 11) is 2.40. The van der Waals surface area contributed by atoms with E-state index in [9.17, 15) is 19.5 Å². The lowest BCUT2D eigenvalue weighted by atomic mass is 9.63. The van der Waals surface area contributed by atoms with E-state index in [4.69, 9.17) is 9.47 Å². The van der Waals surface area contributed by atoms with E-state index in [1.54, 1.807) is 12.2 Å². The molecule has 25 heavy (non-hydrogen) atoms. The highest BCUT2D eigenvalue weighted by Gasteiger charge is 2.55. The van der Waals surface area contributed by atoms with Gasteiger partial charge < -0.3 is 14.6 Å². The van der Waals surface area contributed by atoms with Gasteiger partial charge in [-0.25, -0.2) is 0 Å². The second kappa shape index (κ2) is 7.61. The number of hydrogen-bond donors (Lipinski definition) is 1. The van der Waals surface area contributed by atoms with Crippen LogP contribution in [0.4, 0.5) is 0 Å². The van der Waals surface area contributed by atoms with Gasteiger partial charge >= 0.3 is 11.9 Å². The molecule has 0 spiro atoms. The fraction of sp³-hybridized carbons (Fsp3) is 0.421. The van der Waals surface area contributed by atoms with Crippen LogP contribution in [0.3, 0.4) is 0 Å². The highest BCUT2D eigenvalue weighted by molar-refractivity contribution is 6.02. The van der Waals surface area contributed by atoms with Crippen molar-refractivity contribution in [1.29, 1.82) is 0 Å². The van der Waals surface area contributed by atoms with Crippen LogP contribution in [0.25, 0.3) is 6.08 Å². The fourth-order valence-corrected chi connectivity index (χ4v) is 3.36. The molecule has 1 saturated carbocycles. The van der Waals surface area contributed by atoms with Crippen molar-refractivity contribution in [2.75, 3.05) is 14.2 Å². The summed E-state index contributed by atoms with van der Waals surface area (Å²) in [6.45, 7) is 1.41. The van der Waals surface area contributed by atoms with Crippen molar-refractivity contribution >= 4 is 23.8 Å². The van der Waals surface area contributed by atoms with Crippen molar-refractivity contribution in [2.45, 2.75) is 18.9 Å². The molecule has 0 bridgehead atoms. The van der Waals surface area contributed by atoms with Crippen molar-refractivity contribution in [1.82, 2.24) is 0 Å². The molecule has 0 unspecified atom stereocenters. The molecule has 1 aliphatic rings.